The van der Waals surface area contributed by atoms with Crippen LogP contribution in [-0.2, 0) is 4.79 Å². The average molecular weight is 152 g/mol. The Kier molecular flexibility index (Phi) is 7.19. The number of rotatable bonds is 1. The Morgan fingerprint density at radius 2 is 2.00 bits per heavy atom. The number of carbonyl (C=O) groups is 1. The number of hydrogen-bond acceptors (Lipinski definition) is 1. The monoisotopic (exact) mass is 151 g/mol. The van der Waals surface area contributed by atoms with E-state index in [1.165, 1.54) is 0 Å². The van der Waals surface area contributed by atoms with Gasteiger partial charge in [0.25, 0.3) is 0 Å². The van der Waals surface area contributed by atoms with Gasteiger partial charge in [0.1, 0.15) is 0 Å². The number of amides is 1. The summed E-state index contributed by atoms with van der Waals surface area (Å²) in [5, 5.41) is 0. The normalized spacial score (nSPS) is 5.33. The van der Waals surface area contributed by atoms with Crippen LogP contribution < -0.4 is 5.73 Å². The summed E-state index contributed by atoms with van der Waals surface area (Å²) >= 11 is 0. The number of primary amides is 1. The van der Waals surface area contributed by atoms with Crippen LogP contribution in [0.15, 0.2) is 12.7 Å². The zero-order valence-corrected chi connectivity index (χ0v) is 4.89. The number of halogens is 1. The lowest BCUT2D eigenvalue weighted by Crippen LogP contribution is -2.04. The average Bonchev–Trinajstić information content (AvgIpc) is 1.38. The quantitative estimate of drug-likeness (QED) is 0.537. The van der Waals surface area contributed by atoms with Crippen LogP contribution in [0.4, 0.5) is 0 Å². The molecule has 2 N–H and O–H groups in total. The summed E-state index contributed by atoms with van der Waals surface area (Å²) in [5.74, 6) is -0.481. The van der Waals surface area contributed by atoms with E-state index in [0.717, 1.165) is 6.08 Å². The first-order valence-corrected chi connectivity index (χ1v) is 1.19. The van der Waals surface area contributed by atoms with Crippen molar-refractivity contribution in [3.05, 3.63) is 12.7 Å². The summed E-state index contributed by atoms with van der Waals surface area (Å²) in [6.07, 6.45) is 1.06. The summed E-state index contributed by atoms with van der Waals surface area (Å²) in [6.45, 7) is 3.09. The highest BCUT2D eigenvalue weighted by atomic mass is 79.9. The van der Waals surface area contributed by atoms with E-state index in [-0.39, 0.29) is 17.0 Å². The van der Waals surface area contributed by atoms with Gasteiger partial charge in [-0.2, -0.15) is 0 Å². The van der Waals surface area contributed by atoms with Gasteiger partial charge in [-0.1, -0.05) is 6.58 Å². The molecular weight excluding hydrogens is 146 g/mol. The third-order valence-corrected chi connectivity index (χ3v) is 0.201. The number of hydrogen-bond donors (Lipinski definition) is 1. The Bertz CT molecular complexity index is 61.8. The first kappa shape index (κ1) is 9.19. The van der Waals surface area contributed by atoms with Gasteiger partial charge in [0, 0.05) is 0 Å². The molecule has 0 aliphatic carbocycles. The van der Waals surface area contributed by atoms with Crippen molar-refractivity contribution in [3.63, 3.8) is 0 Å². The van der Waals surface area contributed by atoms with E-state index >= 15 is 0 Å². The molecule has 0 rings (SSSR count). The predicted molar refractivity (Wildman–Crippen MR) is 29.7 cm³/mol. The van der Waals surface area contributed by atoms with E-state index in [1.807, 2.05) is 0 Å². The van der Waals surface area contributed by atoms with Crippen molar-refractivity contribution in [2.75, 3.05) is 0 Å². The highest BCUT2D eigenvalue weighted by Gasteiger charge is 1.69. The molecule has 2 nitrogen and oxygen atoms in total. The molecule has 1 amide bonds. The largest absolute Gasteiger partial charge is 0.366 e. The molecular formula is C3H6BrNO. The summed E-state index contributed by atoms with van der Waals surface area (Å²) in [7, 11) is 0. The minimum Gasteiger partial charge on any atom is -0.366 e. The molecule has 0 saturated carbocycles. The standard InChI is InChI=1S/C3H5NO.BrH/c1-2-3(4)5;/h2H,1H2,(H2,4,5);1H. The van der Waals surface area contributed by atoms with Crippen molar-refractivity contribution in [2.24, 2.45) is 5.73 Å². The smallest absolute Gasteiger partial charge is 0.240 e. The van der Waals surface area contributed by atoms with Crippen molar-refractivity contribution >= 4 is 22.9 Å². The van der Waals surface area contributed by atoms with Crippen molar-refractivity contribution in [3.8, 4) is 0 Å². The maximum absolute atomic E-state index is 9.47. The first-order valence-electron chi connectivity index (χ1n) is 1.19. The summed E-state index contributed by atoms with van der Waals surface area (Å²) in [6, 6.07) is 0. The van der Waals surface area contributed by atoms with Crippen LogP contribution in [0.5, 0.6) is 0 Å². The second-order valence-electron chi connectivity index (χ2n) is 0.606. The SMILES string of the molecule is Br.C=CC(N)=O. The van der Waals surface area contributed by atoms with Crippen LogP contribution in [-0.4, -0.2) is 5.91 Å². The first-order chi connectivity index (χ1) is 2.27. The lowest BCUT2D eigenvalue weighted by atomic mass is 10.6. The molecule has 36 valence electrons. The molecule has 0 aliphatic rings. The molecule has 0 heterocycles. The molecule has 0 aromatic heterocycles. The van der Waals surface area contributed by atoms with Gasteiger partial charge in [0.2, 0.25) is 5.91 Å². The molecule has 0 unspecified atom stereocenters. The molecule has 3 heteroatoms. The van der Waals surface area contributed by atoms with Crippen LogP contribution in [0.2, 0.25) is 0 Å². The molecule has 0 spiro atoms. The molecule has 0 aromatic carbocycles. The van der Waals surface area contributed by atoms with Gasteiger partial charge >= 0.3 is 0 Å². The van der Waals surface area contributed by atoms with Crippen LogP contribution in [0.1, 0.15) is 0 Å². The molecule has 0 saturated heterocycles. The van der Waals surface area contributed by atoms with E-state index in [1.54, 1.807) is 0 Å². The highest BCUT2D eigenvalue weighted by Crippen LogP contribution is 1.48. The van der Waals surface area contributed by atoms with E-state index in [2.05, 4.69) is 12.3 Å². The van der Waals surface area contributed by atoms with Crippen molar-refractivity contribution in [2.45, 2.75) is 0 Å². The van der Waals surface area contributed by atoms with Crippen LogP contribution in [0, 0.1) is 0 Å². The van der Waals surface area contributed by atoms with Crippen molar-refractivity contribution in [1.29, 1.82) is 0 Å². The van der Waals surface area contributed by atoms with Crippen LogP contribution in [0.25, 0.3) is 0 Å². The Morgan fingerprint density at radius 3 is 2.00 bits per heavy atom. The maximum Gasteiger partial charge on any atom is 0.240 e. The van der Waals surface area contributed by atoms with E-state index < -0.39 is 5.91 Å². The molecule has 6 heavy (non-hydrogen) atoms. The minimum atomic E-state index is -0.481. The fraction of sp³-hybridized carbons (Fsp3) is 0. The van der Waals surface area contributed by atoms with Crippen LogP contribution in [0.3, 0.4) is 0 Å². The van der Waals surface area contributed by atoms with Gasteiger partial charge in [0.15, 0.2) is 0 Å². The lowest BCUT2D eigenvalue weighted by Gasteiger charge is -1.65. The third-order valence-electron chi connectivity index (χ3n) is 0.201. The number of nitrogens with two attached hydrogens (primary N) is 1. The fourth-order valence-corrected chi connectivity index (χ4v) is 0. The van der Waals surface area contributed by atoms with Gasteiger partial charge in [-0.15, -0.1) is 17.0 Å². The minimum absolute atomic E-state index is 0. The Hall–Kier alpha value is -0.310. The van der Waals surface area contributed by atoms with Gasteiger partial charge in [-0.25, -0.2) is 0 Å². The second kappa shape index (κ2) is 4.69. The predicted octanol–water partition coefficient (Wildman–Crippen LogP) is 0.236. The van der Waals surface area contributed by atoms with Gasteiger partial charge in [-0.05, 0) is 6.08 Å². The molecule has 0 aromatic rings. The fourth-order valence-electron chi connectivity index (χ4n) is 0. The van der Waals surface area contributed by atoms with E-state index in [9.17, 15) is 4.79 Å². The molecule has 0 radical (unpaired) electrons. The highest BCUT2D eigenvalue weighted by molar-refractivity contribution is 8.93. The molecule has 0 aliphatic heterocycles. The van der Waals surface area contributed by atoms with Gasteiger partial charge in [0.05, 0.1) is 0 Å². The van der Waals surface area contributed by atoms with Crippen LogP contribution >= 0.6 is 17.0 Å². The van der Waals surface area contributed by atoms with Gasteiger partial charge in [-0.3, -0.25) is 4.79 Å². The maximum atomic E-state index is 9.47. The molecule has 0 atom stereocenters. The summed E-state index contributed by atoms with van der Waals surface area (Å²) in [4.78, 5) is 9.47. The zero-order chi connectivity index (χ0) is 4.28. The number of carbonyl (C=O) groups excluding carboxylic acids is 1. The molecule has 0 fully saturated rings. The van der Waals surface area contributed by atoms with Crippen molar-refractivity contribution in [1.82, 2.24) is 0 Å². The summed E-state index contributed by atoms with van der Waals surface area (Å²) in [5.41, 5.74) is 4.53. The summed E-state index contributed by atoms with van der Waals surface area (Å²) < 4.78 is 0. The van der Waals surface area contributed by atoms with E-state index in [0.29, 0.717) is 0 Å². The lowest BCUT2D eigenvalue weighted by molar-refractivity contribution is -0.113. The third kappa shape index (κ3) is 9.35. The van der Waals surface area contributed by atoms with E-state index in [4.69, 9.17) is 0 Å². The molecule has 0 bridgehead atoms. The van der Waals surface area contributed by atoms with Crippen molar-refractivity contribution < 1.29 is 4.79 Å². The second-order valence-corrected chi connectivity index (χ2v) is 0.606. The zero-order valence-electron chi connectivity index (χ0n) is 3.18. The topological polar surface area (TPSA) is 43.1 Å². The Labute approximate surface area is 46.8 Å². The Morgan fingerprint density at radius 1 is 1.83 bits per heavy atom. The van der Waals surface area contributed by atoms with Gasteiger partial charge < -0.3 is 5.73 Å². The Balaban J connectivity index is 0.